The zero-order valence-electron chi connectivity index (χ0n) is 16.0. The van der Waals surface area contributed by atoms with Gasteiger partial charge in [-0.2, -0.15) is 0 Å². The SMILES string of the molecule is COc1cc(OC)c(Nc2ncnc(NNC(=O)c3ccccc3Br)c2N)cc1Cl. The molecule has 0 aliphatic heterocycles. The first-order valence-electron chi connectivity index (χ1n) is 8.54. The number of carbonyl (C=O) groups is 1. The van der Waals surface area contributed by atoms with Crippen molar-refractivity contribution in [3.63, 3.8) is 0 Å². The van der Waals surface area contributed by atoms with Gasteiger partial charge in [0.15, 0.2) is 11.6 Å². The van der Waals surface area contributed by atoms with Crippen molar-refractivity contribution in [1.82, 2.24) is 15.4 Å². The molecule has 1 heterocycles. The summed E-state index contributed by atoms with van der Waals surface area (Å²) in [4.78, 5) is 20.6. The van der Waals surface area contributed by atoms with E-state index in [4.69, 9.17) is 26.8 Å². The number of anilines is 4. The fraction of sp³-hybridized carbons (Fsp3) is 0.105. The Morgan fingerprint density at radius 3 is 2.50 bits per heavy atom. The van der Waals surface area contributed by atoms with Crippen molar-refractivity contribution < 1.29 is 14.3 Å². The van der Waals surface area contributed by atoms with Crippen molar-refractivity contribution >= 4 is 56.4 Å². The molecule has 11 heteroatoms. The number of methoxy groups -OCH3 is 2. The van der Waals surface area contributed by atoms with Gasteiger partial charge in [0.05, 0.1) is 30.5 Å². The second-order valence-electron chi connectivity index (χ2n) is 5.86. The molecule has 9 nitrogen and oxygen atoms in total. The van der Waals surface area contributed by atoms with Crippen LogP contribution in [0, 0.1) is 0 Å². The van der Waals surface area contributed by atoms with Crippen LogP contribution in [-0.4, -0.2) is 30.1 Å². The summed E-state index contributed by atoms with van der Waals surface area (Å²) in [6.45, 7) is 0. The van der Waals surface area contributed by atoms with E-state index in [2.05, 4.69) is 42.1 Å². The largest absolute Gasteiger partial charge is 0.495 e. The molecule has 0 unspecified atom stereocenters. The summed E-state index contributed by atoms with van der Waals surface area (Å²) in [6, 6.07) is 10.3. The van der Waals surface area contributed by atoms with Crippen LogP contribution >= 0.6 is 27.5 Å². The quantitative estimate of drug-likeness (QED) is 0.364. The molecule has 1 amide bonds. The summed E-state index contributed by atoms with van der Waals surface area (Å²) in [5, 5.41) is 3.43. The molecule has 0 bridgehead atoms. The van der Waals surface area contributed by atoms with Gasteiger partial charge in [-0.25, -0.2) is 9.97 Å². The molecule has 1 aromatic heterocycles. The summed E-state index contributed by atoms with van der Waals surface area (Å²) >= 11 is 9.54. The first kappa shape index (κ1) is 21.5. The Balaban J connectivity index is 1.80. The van der Waals surface area contributed by atoms with E-state index in [-0.39, 0.29) is 17.4 Å². The first-order valence-corrected chi connectivity index (χ1v) is 9.71. The minimum atomic E-state index is -0.362. The lowest BCUT2D eigenvalue weighted by molar-refractivity contribution is 0.0961. The third-order valence-corrected chi connectivity index (χ3v) is 5.01. The van der Waals surface area contributed by atoms with Gasteiger partial charge in [0.2, 0.25) is 0 Å². The highest BCUT2D eigenvalue weighted by Gasteiger charge is 2.15. The molecule has 156 valence electrons. The summed E-state index contributed by atoms with van der Waals surface area (Å²) in [5.74, 6) is 1.09. The predicted molar refractivity (Wildman–Crippen MR) is 120 cm³/mol. The lowest BCUT2D eigenvalue weighted by Gasteiger charge is -2.16. The van der Waals surface area contributed by atoms with E-state index in [0.29, 0.717) is 38.1 Å². The Morgan fingerprint density at radius 2 is 1.80 bits per heavy atom. The van der Waals surface area contributed by atoms with E-state index in [0.717, 1.165) is 0 Å². The Bertz CT molecular complexity index is 1080. The van der Waals surface area contributed by atoms with Crippen molar-refractivity contribution in [1.29, 1.82) is 0 Å². The van der Waals surface area contributed by atoms with E-state index < -0.39 is 0 Å². The van der Waals surface area contributed by atoms with Crippen LogP contribution in [0.4, 0.5) is 23.0 Å². The van der Waals surface area contributed by atoms with Crippen LogP contribution in [0.2, 0.25) is 5.02 Å². The summed E-state index contributed by atoms with van der Waals surface area (Å²) in [5.41, 5.74) is 12.6. The Kier molecular flexibility index (Phi) is 6.80. The number of hydrogen-bond donors (Lipinski definition) is 4. The average Bonchev–Trinajstić information content (AvgIpc) is 2.74. The van der Waals surface area contributed by atoms with Crippen LogP contribution in [0.3, 0.4) is 0 Å². The molecule has 30 heavy (non-hydrogen) atoms. The van der Waals surface area contributed by atoms with Crippen molar-refractivity contribution in [3.8, 4) is 11.5 Å². The van der Waals surface area contributed by atoms with Crippen LogP contribution in [0.1, 0.15) is 10.4 Å². The Labute approximate surface area is 186 Å². The second-order valence-corrected chi connectivity index (χ2v) is 7.12. The van der Waals surface area contributed by atoms with Gasteiger partial charge in [-0.05, 0) is 34.1 Å². The molecule has 5 N–H and O–H groups in total. The predicted octanol–water partition coefficient (Wildman–Crippen LogP) is 3.99. The van der Waals surface area contributed by atoms with Crippen molar-refractivity contribution in [2.75, 3.05) is 30.7 Å². The molecule has 0 fully saturated rings. The lowest BCUT2D eigenvalue weighted by atomic mass is 10.2. The highest BCUT2D eigenvalue weighted by atomic mass is 79.9. The third kappa shape index (κ3) is 4.66. The number of ether oxygens (including phenoxy) is 2. The maximum absolute atomic E-state index is 12.4. The van der Waals surface area contributed by atoms with Crippen LogP contribution in [0.15, 0.2) is 47.2 Å². The fourth-order valence-corrected chi connectivity index (χ4v) is 3.21. The van der Waals surface area contributed by atoms with Crippen molar-refractivity contribution in [2.24, 2.45) is 0 Å². The van der Waals surface area contributed by atoms with E-state index in [1.54, 1.807) is 30.3 Å². The van der Waals surface area contributed by atoms with Crippen LogP contribution < -0.4 is 31.4 Å². The van der Waals surface area contributed by atoms with E-state index in [1.165, 1.54) is 20.5 Å². The maximum atomic E-state index is 12.4. The molecule has 0 radical (unpaired) electrons. The van der Waals surface area contributed by atoms with Gasteiger partial charge in [0.25, 0.3) is 5.91 Å². The number of carbonyl (C=O) groups excluding carboxylic acids is 1. The number of nitrogens with two attached hydrogens (primary N) is 1. The van der Waals surface area contributed by atoms with Gasteiger partial charge in [0.1, 0.15) is 23.5 Å². The van der Waals surface area contributed by atoms with Gasteiger partial charge in [0, 0.05) is 10.5 Å². The highest BCUT2D eigenvalue weighted by Crippen LogP contribution is 2.38. The van der Waals surface area contributed by atoms with Crippen molar-refractivity contribution in [3.05, 3.63) is 57.8 Å². The van der Waals surface area contributed by atoms with E-state index in [9.17, 15) is 4.79 Å². The molecule has 0 spiro atoms. The Hall–Kier alpha value is -3.24. The number of hydrazine groups is 1. The third-order valence-electron chi connectivity index (χ3n) is 4.02. The second kappa shape index (κ2) is 9.51. The summed E-state index contributed by atoms with van der Waals surface area (Å²) < 4.78 is 11.2. The van der Waals surface area contributed by atoms with Crippen molar-refractivity contribution in [2.45, 2.75) is 0 Å². The fourth-order valence-electron chi connectivity index (χ4n) is 2.51. The van der Waals surface area contributed by atoms with Crippen LogP contribution in [0.5, 0.6) is 11.5 Å². The van der Waals surface area contributed by atoms with Gasteiger partial charge in [-0.3, -0.25) is 15.6 Å². The number of halogens is 2. The number of amides is 1. The number of hydrogen-bond acceptors (Lipinski definition) is 8. The molecule has 3 rings (SSSR count). The summed E-state index contributed by atoms with van der Waals surface area (Å²) in [6.07, 6.45) is 1.29. The van der Waals surface area contributed by atoms with Crippen LogP contribution in [0.25, 0.3) is 0 Å². The molecule has 0 atom stereocenters. The Morgan fingerprint density at radius 1 is 1.10 bits per heavy atom. The number of nitrogens with zero attached hydrogens (tertiary/aromatic N) is 2. The standard InChI is InChI=1S/C19H18BrClN6O3/c1-29-14-8-15(30-2)13(7-12(14)21)25-17-16(22)18(24-9-23-17)26-27-19(28)10-5-3-4-6-11(10)20/h3-9H,22H2,1-2H3,(H,27,28)(H2,23,24,25,26). The lowest BCUT2D eigenvalue weighted by Crippen LogP contribution is -2.30. The zero-order valence-corrected chi connectivity index (χ0v) is 18.3. The molecular formula is C19H18BrClN6O3. The number of aromatic nitrogens is 2. The topological polar surface area (TPSA) is 123 Å². The molecule has 2 aromatic carbocycles. The number of rotatable bonds is 7. The van der Waals surface area contributed by atoms with Gasteiger partial charge < -0.3 is 20.5 Å². The highest BCUT2D eigenvalue weighted by molar-refractivity contribution is 9.10. The molecular weight excluding hydrogens is 476 g/mol. The minimum Gasteiger partial charge on any atom is -0.495 e. The summed E-state index contributed by atoms with van der Waals surface area (Å²) in [7, 11) is 3.03. The average molecular weight is 494 g/mol. The van der Waals surface area contributed by atoms with Crippen LogP contribution in [-0.2, 0) is 0 Å². The van der Waals surface area contributed by atoms with Gasteiger partial charge >= 0.3 is 0 Å². The zero-order chi connectivity index (χ0) is 21.7. The molecule has 3 aromatic rings. The normalized spacial score (nSPS) is 10.3. The van der Waals surface area contributed by atoms with Gasteiger partial charge in [-0.1, -0.05) is 23.7 Å². The minimum absolute atomic E-state index is 0.180. The number of nitrogen functional groups attached to an aromatic ring is 1. The van der Waals surface area contributed by atoms with E-state index in [1.807, 2.05) is 6.07 Å². The number of nitrogens with one attached hydrogen (secondary N) is 3. The number of benzene rings is 2. The molecule has 0 aliphatic carbocycles. The first-order chi connectivity index (χ1) is 14.4. The molecule has 0 saturated heterocycles. The molecule has 0 saturated carbocycles. The van der Waals surface area contributed by atoms with Gasteiger partial charge in [-0.15, -0.1) is 0 Å². The molecule has 0 aliphatic rings. The maximum Gasteiger partial charge on any atom is 0.270 e. The smallest absolute Gasteiger partial charge is 0.270 e. The monoisotopic (exact) mass is 492 g/mol. The van der Waals surface area contributed by atoms with E-state index >= 15 is 0 Å².